The van der Waals surface area contributed by atoms with Gasteiger partial charge in [-0.15, -0.1) is 0 Å². The second-order valence-electron chi connectivity index (χ2n) is 8.74. The first-order valence-corrected chi connectivity index (χ1v) is 13.0. The molecule has 40 heavy (non-hydrogen) atoms. The molecule has 1 fully saturated rings. The van der Waals surface area contributed by atoms with E-state index in [4.69, 9.17) is 37.4 Å². The molecule has 0 spiro atoms. The number of hydrogen-bond donors (Lipinski definition) is 0. The maximum absolute atomic E-state index is 12.6. The lowest BCUT2D eigenvalue weighted by Gasteiger charge is -2.17. The summed E-state index contributed by atoms with van der Waals surface area (Å²) < 4.78 is 15.4. The van der Waals surface area contributed by atoms with Crippen molar-refractivity contribution >= 4 is 58.5 Å². The van der Waals surface area contributed by atoms with Gasteiger partial charge in [0.05, 0.1) is 28.7 Å². The minimum atomic E-state index is -0.744. The van der Waals surface area contributed by atoms with Crippen LogP contribution in [0.3, 0.4) is 0 Å². The number of ether oxygens (including phenoxy) is 3. The van der Waals surface area contributed by atoms with Crippen LogP contribution >= 0.6 is 23.2 Å². The first-order chi connectivity index (χ1) is 19.2. The van der Waals surface area contributed by atoms with Crippen molar-refractivity contribution in [2.24, 2.45) is 5.92 Å². The van der Waals surface area contributed by atoms with Crippen LogP contribution in [0.1, 0.15) is 44.4 Å². The summed E-state index contributed by atoms with van der Waals surface area (Å²) >= 11 is 11.9. The second-order valence-corrected chi connectivity index (χ2v) is 9.59. The van der Waals surface area contributed by atoms with Crippen molar-refractivity contribution in [3.63, 3.8) is 0 Å². The van der Waals surface area contributed by atoms with E-state index in [1.54, 1.807) is 31.2 Å². The lowest BCUT2D eigenvalue weighted by molar-refractivity contribution is -0.147. The summed E-state index contributed by atoms with van der Waals surface area (Å²) in [5.74, 6) is -3.13. The van der Waals surface area contributed by atoms with E-state index in [0.29, 0.717) is 16.3 Å². The molecule has 1 atom stereocenters. The monoisotopic (exact) mass is 583 g/mol. The summed E-state index contributed by atoms with van der Waals surface area (Å²) in [7, 11) is 0. The number of halogens is 2. The van der Waals surface area contributed by atoms with Crippen LogP contribution in [-0.2, 0) is 19.1 Å². The molecule has 0 radical (unpaired) electrons. The zero-order valence-electron chi connectivity index (χ0n) is 21.2. The van der Waals surface area contributed by atoms with Crippen molar-refractivity contribution in [2.45, 2.75) is 13.3 Å². The molecule has 0 bridgehead atoms. The molecule has 1 saturated heterocycles. The van der Waals surface area contributed by atoms with E-state index < -0.39 is 36.2 Å². The average Bonchev–Trinajstić information content (AvgIpc) is 3.33. The fourth-order valence-corrected chi connectivity index (χ4v) is 4.46. The Bertz CT molecular complexity index is 1450. The molecule has 0 saturated carbocycles. The fourth-order valence-electron chi connectivity index (χ4n) is 3.97. The van der Waals surface area contributed by atoms with Crippen LogP contribution in [0, 0.1) is 5.92 Å². The summed E-state index contributed by atoms with van der Waals surface area (Å²) in [6.45, 7) is 1.52. The minimum absolute atomic E-state index is 0.0651. The van der Waals surface area contributed by atoms with E-state index >= 15 is 0 Å². The van der Waals surface area contributed by atoms with Gasteiger partial charge in [-0.25, -0.2) is 9.59 Å². The van der Waals surface area contributed by atoms with Crippen molar-refractivity contribution in [3.8, 4) is 5.75 Å². The predicted octanol–water partition coefficient (Wildman–Crippen LogP) is 5.17. The number of carbonyl (C=O) groups is 5. The van der Waals surface area contributed by atoms with Crippen molar-refractivity contribution in [1.29, 1.82) is 0 Å². The molecule has 1 heterocycles. The third-order valence-corrected chi connectivity index (χ3v) is 6.58. The lowest BCUT2D eigenvalue weighted by atomic mass is 10.1. The zero-order valence-corrected chi connectivity index (χ0v) is 22.7. The first-order valence-electron chi connectivity index (χ1n) is 12.2. The van der Waals surface area contributed by atoms with Crippen molar-refractivity contribution in [2.75, 3.05) is 24.7 Å². The smallest absolute Gasteiger partial charge is 0.345 e. The minimum Gasteiger partial charge on any atom is -0.462 e. The number of rotatable bonds is 9. The average molecular weight is 584 g/mol. The molecular weight excluding hydrogens is 561 g/mol. The van der Waals surface area contributed by atoms with Gasteiger partial charge in [-0.3, -0.25) is 14.4 Å². The molecule has 0 aromatic heterocycles. The Morgan fingerprint density at radius 1 is 0.875 bits per heavy atom. The molecule has 9 nitrogen and oxygen atoms in total. The molecule has 206 valence electrons. The predicted molar refractivity (Wildman–Crippen MR) is 146 cm³/mol. The number of esters is 3. The van der Waals surface area contributed by atoms with Gasteiger partial charge in [0, 0.05) is 29.2 Å². The van der Waals surface area contributed by atoms with Crippen LogP contribution in [0.2, 0.25) is 10.0 Å². The summed E-state index contributed by atoms with van der Waals surface area (Å²) in [6, 6.07) is 16.4. The Kier molecular flexibility index (Phi) is 9.19. The van der Waals surface area contributed by atoms with Gasteiger partial charge in [0.25, 0.3) is 0 Å². The van der Waals surface area contributed by atoms with E-state index in [0.717, 1.165) is 0 Å². The van der Waals surface area contributed by atoms with E-state index in [1.165, 1.54) is 47.4 Å². The molecule has 1 amide bonds. The molecule has 1 aliphatic rings. The molecule has 0 N–H and O–H groups in total. The van der Waals surface area contributed by atoms with E-state index in [2.05, 4.69) is 0 Å². The lowest BCUT2D eigenvalue weighted by Crippen LogP contribution is -2.27. The number of Topliss-reactive ketones (excluding diaryl/α,β-unsaturated/α-hetero) is 1. The quantitative estimate of drug-likeness (QED) is 0.192. The van der Waals surface area contributed by atoms with Gasteiger partial charge in [0.15, 0.2) is 12.4 Å². The van der Waals surface area contributed by atoms with Crippen LogP contribution in [-0.4, -0.2) is 49.4 Å². The SMILES string of the molecule is CCOC(=O)c1ccc(N2C[C@H](C(=O)OCC(=O)c3ccc(OC(=O)c4ccc(Cl)cc4Cl)cc3)CC2=O)cc1. The molecular formula is C29H23Cl2NO8. The van der Waals surface area contributed by atoms with Crippen LogP contribution < -0.4 is 9.64 Å². The summed E-state index contributed by atoms with van der Waals surface area (Å²) in [4.78, 5) is 63.3. The standard InChI is InChI=1S/C29H23Cl2NO8/c1-2-38-27(35)18-3-8-21(9-4-18)32-15-19(13-26(32)34)28(36)39-16-25(33)17-5-10-22(11-6-17)40-29(37)23-12-7-20(30)14-24(23)31/h3-12,14,19H,2,13,15-16H2,1H3/t19-/m1/s1. The Morgan fingerprint density at radius 2 is 1.55 bits per heavy atom. The summed E-state index contributed by atoms with van der Waals surface area (Å²) in [6.07, 6.45) is -0.0651. The third kappa shape index (κ3) is 6.86. The molecule has 0 aliphatic carbocycles. The molecule has 3 aromatic rings. The van der Waals surface area contributed by atoms with E-state index in [-0.39, 0.29) is 47.4 Å². The zero-order chi connectivity index (χ0) is 28.8. The van der Waals surface area contributed by atoms with Crippen LogP contribution in [0.4, 0.5) is 5.69 Å². The number of amides is 1. The molecule has 1 aliphatic heterocycles. The Balaban J connectivity index is 1.28. The summed E-state index contributed by atoms with van der Waals surface area (Å²) in [5.41, 5.74) is 1.26. The third-order valence-electron chi connectivity index (χ3n) is 6.03. The van der Waals surface area contributed by atoms with Crippen LogP contribution in [0.5, 0.6) is 5.75 Å². The topological polar surface area (TPSA) is 116 Å². The molecule has 3 aromatic carbocycles. The van der Waals surface area contributed by atoms with Gasteiger partial charge in [0.1, 0.15) is 5.75 Å². The largest absolute Gasteiger partial charge is 0.462 e. The van der Waals surface area contributed by atoms with Gasteiger partial charge in [-0.2, -0.15) is 0 Å². The fraction of sp³-hybridized carbons (Fsp3) is 0.207. The number of nitrogens with zero attached hydrogens (tertiary/aromatic N) is 1. The molecule has 11 heteroatoms. The number of benzene rings is 3. The van der Waals surface area contributed by atoms with Gasteiger partial charge >= 0.3 is 17.9 Å². The normalized spacial score (nSPS) is 14.5. The van der Waals surface area contributed by atoms with Crippen molar-refractivity contribution in [3.05, 3.63) is 93.5 Å². The number of anilines is 1. The highest BCUT2D eigenvalue weighted by Crippen LogP contribution is 2.27. The highest BCUT2D eigenvalue weighted by molar-refractivity contribution is 6.36. The van der Waals surface area contributed by atoms with E-state index in [9.17, 15) is 24.0 Å². The Labute approximate surface area is 239 Å². The number of ketones is 1. The van der Waals surface area contributed by atoms with Gasteiger partial charge in [0.2, 0.25) is 5.91 Å². The van der Waals surface area contributed by atoms with Gasteiger partial charge in [-0.05, 0) is 73.7 Å². The van der Waals surface area contributed by atoms with Crippen molar-refractivity contribution in [1.82, 2.24) is 0 Å². The molecule has 0 unspecified atom stereocenters. The maximum atomic E-state index is 12.6. The number of hydrogen-bond acceptors (Lipinski definition) is 8. The van der Waals surface area contributed by atoms with E-state index in [1.807, 2.05) is 0 Å². The van der Waals surface area contributed by atoms with Crippen LogP contribution in [0.25, 0.3) is 0 Å². The van der Waals surface area contributed by atoms with Crippen molar-refractivity contribution < 1.29 is 38.2 Å². The highest BCUT2D eigenvalue weighted by atomic mass is 35.5. The molecule has 4 rings (SSSR count). The Hall–Kier alpha value is -4.21. The number of carbonyl (C=O) groups excluding carboxylic acids is 5. The second kappa shape index (κ2) is 12.8. The highest BCUT2D eigenvalue weighted by Gasteiger charge is 2.36. The first kappa shape index (κ1) is 28.8. The Morgan fingerprint density at radius 3 is 2.20 bits per heavy atom. The van der Waals surface area contributed by atoms with Gasteiger partial charge in [-0.1, -0.05) is 23.2 Å². The van der Waals surface area contributed by atoms with Crippen LogP contribution in [0.15, 0.2) is 66.7 Å². The summed E-state index contributed by atoms with van der Waals surface area (Å²) in [5, 5.41) is 0.522. The maximum Gasteiger partial charge on any atom is 0.345 e. The van der Waals surface area contributed by atoms with Gasteiger partial charge < -0.3 is 19.1 Å².